The molecule has 1 fully saturated rings. The van der Waals surface area contributed by atoms with Crippen LogP contribution in [-0.4, -0.2) is 38.3 Å². The van der Waals surface area contributed by atoms with Crippen molar-refractivity contribution in [2.45, 2.75) is 19.1 Å². The molecule has 0 bridgehead atoms. The highest BCUT2D eigenvalue weighted by atomic mass is 35.5. The summed E-state index contributed by atoms with van der Waals surface area (Å²) in [5, 5.41) is 6.06. The Morgan fingerprint density at radius 1 is 1.15 bits per heavy atom. The molecule has 1 heterocycles. The molecule has 0 saturated carbocycles. The minimum atomic E-state index is -0.349. The van der Waals surface area contributed by atoms with Gasteiger partial charge in [0.15, 0.2) is 11.5 Å². The molecule has 2 N–H and O–H groups in total. The van der Waals surface area contributed by atoms with Crippen molar-refractivity contribution in [2.24, 2.45) is 0 Å². The number of anilines is 1. The number of carbonyl (C=O) groups is 1. The summed E-state index contributed by atoms with van der Waals surface area (Å²) in [6.45, 7) is 3.19. The van der Waals surface area contributed by atoms with E-state index < -0.39 is 0 Å². The molecule has 0 spiro atoms. The van der Waals surface area contributed by atoms with Gasteiger partial charge < -0.3 is 24.8 Å². The molecule has 0 aliphatic carbocycles. The Balaban J connectivity index is 0.00000243. The largest absolute Gasteiger partial charge is 0.493 e. The highest BCUT2D eigenvalue weighted by Gasteiger charge is 2.28. The Hall–Kier alpha value is -2.28. The second kappa shape index (κ2) is 9.43. The van der Waals surface area contributed by atoms with Crippen LogP contribution < -0.4 is 20.1 Å². The van der Waals surface area contributed by atoms with Gasteiger partial charge in [0.2, 0.25) is 5.91 Å². The van der Waals surface area contributed by atoms with Crippen molar-refractivity contribution in [3.63, 3.8) is 0 Å². The first kappa shape index (κ1) is 20.0. The van der Waals surface area contributed by atoms with Gasteiger partial charge in [-0.25, -0.2) is 0 Å². The fraction of sp³-hybridized carbons (Fsp3) is 0.316. The summed E-state index contributed by atoms with van der Waals surface area (Å²) >= 11 is 0. The van der Waals surface area contributed by atoms with Crippen LogP contribution >= 0.6 is 12.4 Å². The molecular weight excluding hydrogens is 356 g/mol. The Bertz CT molecular complexity index is 724. The number of amides is 1. The van der Waals surface area contributed by atoms with Gasteiger partial charge in [-0.05, 0) is 43.3 Å². The monoisotopic (exact) mass is 378 g/mol. The van der Waals surface area contributed by atoms with Crippen LogP contribution in [-0.2, 0) is 9.53 Å². The zero-order valence-corrected chi connectivity index (χ0v) is 15.5. The molecule has 26 heavy (non-hydrogen) atoms. The van der Waals surface area contributed by atoms with Gasteiger partial charge in [-0.2, -0.15) is 0 Å². The first-order valence-electron chi connectivity index (χ1n) is 8.24. The lowest BCUT2D eigenvalue weighted by Gasteiger charge is -2.29. The zero-order valence-electron chi connectivity index (χ0n) is 14.7. The number of para-hydroxylation sites is 2. The number of hydrogen-bond acceptors (Lipinski definition) is 5. The van der Waals surface area contributed by atoms with Gasteiger partial charge in [-0.3, -0.25) is 4.79 Å². The topological polar surface area (TPSA) is 68.8 Å². The molecule has 1 amide bonds. The summed E-state index contributed by atoms with van der Waals surface area (Å²) in [4.78, 5) is 12.3. The fourth-order valence-electron chi connectivity index (χ4n) is 2.68. The van der Waals surface area contributed by atoms with Crippen molar-refractivity contribution >= 4 is 24.0 Å². The summed E-state index contributed by atoms with van der Waals surface area (Å²) in [6.07, 6.45) is -0.151. The van der Waals surface area contributed by atoms with Gasteiger partial charge in [0.05, 0.1) is 19.8 Å². The molecule has 3 rings (SSSR count). The third-order valence-electron chi connectivity index (χ3n) is 4.02. The number of hydrogen-bond donors (Lipinski definition) is 2. The Kier molecular flexibility index (Phi) is 7.26. The van der Waals surface area contributed by atoms with E-state index in [-0.39, 0.29) is 30.5 Å². The Morgan fingerprint density at radius 3 is 2.50 bits per heavy atom. The summed E-state index contributed by atoms with van der Waals surface area (Å²) in [5.74, 6) is 1.86. The number of methoxy groups -OCH3 is 1. The van der Waals surface area contributed by atoms with Gasteiger partial charge >= 0.3 is 0 Å². The van der Waals surface area contributed by atoms with E-state index in [1.54, 1.807) is 31.4 Å². The smallest absolute Gasteiger partial charge is 0.244 e. The van der Waals surface area contributed by atoms with Gasteiger partial charge in [0, 0.05) is 12.2 Å². The molecule has 2 aromatic rings. The van der Waals surface area contributed by atoms with Crippen molar-refractivity contribution in [1.29, 1.82) is 0 Å². The van der Waals surface area contributed by atoms with E-state index in [0.29, 0.717) is 36.1 Å². The van der Waals surface area contributed by atoms with Gasteiger partial charge in [-0.15, -0.1) is 12.4 Å². The molecule has 0 aromatic heterocycles. The quantitative estimate of drug-likeness (QED) is 0.836. The predicted octanol–water partition coefficient (Wildman–Crippen LogP) is 3.22. The van der Waals surface area contributed by atoms with E-state index in [1.165, 1.54) is 0 Å². The van der Waals surface area contributed by atoms with Crippen LogP contribution in [0.4, 0.5) is 5.69 Å². The zero-order chi connectivity index (χ0) is 17.6. The number of halogens is 1. The van der Waals surface area contributed by atoms with Crippen LogP contribution in [0, 0.1) is 0 Å². The van der Waals surface area contributed by atoms with Crippen molar-refractivity contribution in [1.82, 2.24) is 5.32 Å². The van der Waals surface area contributed by atoms with Gasteiger partial charge in [0.1, 0.15) is 11.8 Å². The van der Waals surface area contributed by atoms with E-state index in [9.17, 15) is 4.79 Å². The van der Waals surface area contributed by atoms with Gasteiger partial charge in [0.25, 0.3) is 0 Å². The molecule has 7 heteroatoms. The van der Waals surface area contributed by atoms with Crippen LogP contribution in [0.25, 0.3) is 0 Å². The molecule has 1 saturated heterocycles. The van der Waals surface area contributed by atoms with E-state index in [1.807, 2.05) is 31.2 Å². The number of ether oxygens (including phenoxy) is 3. The number of morpholine rings is 1. The molecule has 6 nitrogen and oxygen atoms in total. The fourth-order valence-corrected chi connectivity index (χ4v) is 2.68. The third-order valence-corrected chi connectivity index (χ3v) is 4.02. The first-order chi connectivity index (χ1) is 12.2. The maximum Gasteiger partial charge on any atom is 0.244 e. The average molecular weight is 379 g/mol. The van der Waals surface area contributed by atoms with E-state index in [4.69, 9.17) is 14.2 Å². The predicted molar refractivity (Wildman–Crippen MR) is 103 cm³/mol. The van der Waals surface area contributed by atoms with Gasteiger partial charge in [-0.1, -0.05) is 12.1 Å². The SMILES string of the molecule is COc1ccccc1Oc1ccc(NC(=O)[C@H]2NCCO[C@@H]2C)cc1.Cl. The second-order valence-electron chi connectivity index (χ2n) is 5.77. The maximum absolute atomic E-state index is 12.3. The average Bonchev–Trinajstić information content (AvgIpc) is 2.64. The number of rotatable bonds is 5. The maximum atomic E-state index is 12.3. The van der Waals surface area contributed by atoms with Crippen molar-refractivity contribution in [3.8, 4) is 17.2 Å². The number of nitrogens with one attached hydrogen (secondary N) is 2. The molecule has 0 radical (unpaired) electrons. The molecule has 2 atom stereocenters. The molecule has 2 aromatic carbocycles. The highest BCUT2D eigenvalue weighted by Crippen LogP contribution is 2.31. The molecular formula is C19H23ClN2O4. The number of carbonyl (C=O) groups excluding carboxylic acids is 1. The highest BCUT2D eigenvalue weighted by molar-refractivity contribution is 5.95. The van der Waals surface area contributed by atoms with Crippen molar-refractivity contribution in [3.05, 3.63) is 48.5 Å². The van der Waals surface area contributed by atoms with Crippen molar-refractivity contribution < 1.29 is 19.0 Å². The molecule has 1 aliphatic rings. The van der Waals surface area contributed by atoms with E-state index >= 15 is 0 Å². The summed E-state index contributed by atoms with van der Waals surface area (Å²) < 4.78 is 16.6. The lowest BCUT2D eigenvalue weighted by atomic mass is 10.1. The lowest BCUT2D eigenvalue weighted by molar-refractivity contribution is -0.123. The Labute approximate surface area is 159 Å². The van der Waals surface area contributed by atoms with Crippen LogP contribution in [0.2, 0.25) is 0 Å². The minimum Gasteiger partial charge on any atom is -0.493 e. The van der Waals surface area contributed by atoms with Crippen molar-refractivity contribution in [2.75, 3.05) is 25.6 Å². The second-order valence-corrected chi connectivity index (χ2v) is 5.77. The van der Waals surface area contributed by atoms with Crippen LogP contribution in [0.3, 0.4) is 0 Å². The summed E-state index contributed by atoms with van der Waals surface area (Å²) in [7, 11) is 1.60. The standard InChI is InChI=1S/C19H22N2O4.ClH/c1-13-18(20-11-12-24-13)19(22)21-14-7-9-15(10-8-14)25-17-6-4-3-5-16(17)23-2;/h3-10,13,18,20H,11-12H2,1-2H3,(H,21,22);1H/t13-,18+;/m1./s1. The number of benzene rings is 2. The summed E-state index contributed by atoms with van der Waals surface area (Å²) in [5.41, 5.74) is 0.706. The summed E-state index contributed by atoms with van der Waals surface area (Å²) in [6, 6.07) is 14.3. The Morgan fingerprint density at radius 2 is 1.85 bits per heavy atom. The van der Waals surface area contributed by atoms with E-state index in [2.05, 4.69) is 10.6 Å². The minimum absolute atomic E-state index is 0. The van der Waals surface area contributed by atoms with E-state index in [0.717, 1.165) is 0 Å². The van der Waals surface area contributed by atoms with Crippen LogP contribution in [0.15, 0.2) is 48.5 Å². The molecule has 1 aliphatic heterocycles. The lowest BCUT2D eigenvalue weighted by Crippen LogP contribution is -2.53. The molecule has 0 unspecified atom stereocenters. The first-order valence-corrected chi connectivity index (χ1v) is 8.24. The van der Waals surface area contributed by atoms with Crippen LogP contribution in [0.5, 0.6) is 17.2 Å². The third kappa shape index (κ3) is 4.88. The normalized spacial score (nSPS) is 19.2. The molecule has 140 valence electrons. The van der Waals surface area contributed by atoms with Crippen LogP contribution in [0.1, 0.15) is 6.92 Å².